The summed E-state index contributed by atoms with van der Waals surface area (Å²) in [5.41, 5.74) is -0.882. The van der Waals surface area contributed by atoms with Gasteiger partial charge in [-0.2, -0.15) is 13.2 Å². The molecule has 1 aromatic heterocycles. The lowest BCUT2D eigenvalue weighted by Crippen LogP contribution is -2.42. The van der Waals surface area contributed by atoms with Crippen molar-refractivity contribution in [3.05, 3.63) is 16.1 Å². The highest BCUT2D eigenvalue weighted by atomic mass is 127. The molecule has 0 aliphatic heterocycles. The van der Waals surface area contributed by atoms with E-state index in [4.69, 9.17) is 0 Å². The molecule has 2 rings (SSSR count). The van der Waals surface area contributed by atoms with Gasteiger partial charge in [0.25, 0.3) is 0 Å². The number of guanidine groups is 1. The molecule has 0 aromatic carbocycles. The Hall–Kier alpha value is -1.11. The molecule has 1 saturated carbocycles. The van der Waals surface area contributed by atoms with Crippen LogP contribution in [0.3, 0.4) is 0 Å². The zero-order valence-corrected chi connectivity index (χ0v) is 18.2. The van der Waals surface area contributed by atoms with Crippen LogP contribution in [0.4, 0.5) is 13.2 Å². The topological polar surface area (TPSA) is 78.4 Å². The van der Waals surface area contributed by atoms with E-state index < -0.39 is 11.9 Å². The van der Waals surface area contributed by atoms with Crippen molar-refractivity contribution in [3.8, 4) is 0 Å². The molecule has 1 heterocycles. The fraction of sp³-hybridized carbons (Fsp3) is 0.688. The molecule has 154 valence electrons. The molecular formula is C16H25F3IN5OS. The molecule has 3 N–H and O–H groups in total. The van der Waals surface area contributed by atoms with Gasteiger partial charge in [-0.25, -0.2) is 4.98 Å². The quantitative estimate of drug-likeness (QED) is 0.234. The van der Waals surface area contributed by atoms with Crippen LogP contribution in [0.2, 0.25) is 0 Å². The summed E-state index contributed by atoms with van der Waals surface area (Å²) in [6, 6.07) is 0. The number of amides is 1. The fourth-order valence-electron chi connectivity index (χ4n) is 2.78. The predicted molar refractivity (Wildman–Crippen MR) is 110 cm³/mol. The lowest BCUT2D eigenvalue weighted by Gasteiger charge is -2.20. The Morgan fingerprint density at radius 3 is 2.48 bits per heavy atom. The van der Waals surface area contributed by atoms with Crippen molar-refractivity contribution in [2.75, 3.05) is 20.1 Å². The van der Waals surface area contributed by atoms with Gasteiger partial charge in [-0.1, -0.05) is 19.3 Å². The molecule has 1 aliphatic rings. The summed E-state index contributed by atoms with van der Waals surface area (Å²) in [7, 11) is 1.57. The zero-order chi connectivity index (χ0) is 19.0. The molecule has 1 amide bonds. The van der Waals surface area contributed by atoms with Crippen LogP contribution in [-0.2, 0) is 17.5 Å². The third-order valence-corrected chi connectivity index (χ3v) is 5.01. The summed E-state index contributed by atoms with van der Waals surface area (Å²) < 4.78 is 37.6. The standard InChI is InChI=1S/C16H24F3N5OS.HI/c1-20-15(23-9-13-24-12(10-26-13)16(17,18)19)22-8-7-21-14(25)11-5-3-2-4-6-11;/h10-11H,2-9H2,1H3,(H,21,25)(H2,20,22,23);1H. The van der Waals surface area contributed by atoms with Crippen LogP contribution in [-0.4, -0.2) is 37.0 Å². The number of carbonyl (C=O) groups excluding carboxylic acids is 1. The number of aromatic nitrogens is 1. The number of thiazole rings is 1. The molecule has 0 radical (unpaired) electrons. The maximum Gasteiger partial charge on any atom is 0.434 e. The Bertz CT molecular complexity index is 617. The van der Waals surface area contributed by atoms with Crippen molar-refractivity contribution in [2.24, 2.45) is 10.9 Å². The van der Waals surface area contributed by atoms with Crippen molar-refractivity contribution >= 4 is 47.2 Å². The number of carbonyl (C=O) groups is 1. The van der Waals surface area contributed by atoms with Crippen LogP contribution < -0.4 is 16.0 Å². The van der Waals surface area contributed by atoms with Gasteiger partial charge in [0.15, 0.2) is 11.7 Å². The maximum absolute atomic E-state index is 12.5. The Kier molecular flexibility index (Phi) is 10.3. The minimum Gasteiger partial charge on any atom is -0.355 e. The van der Waals surface area contributed by atoms with Crippen LogP contribution in [0, 0.1) is 5.92 Å². The number of alkyl halides is 3. The molecule has 1 aliphatic carbocycles. The van der Waals surface area contributed by atoms with E-state index in [0.717, 1.165) is 42.4 Å². The molecule has 0 spiro atoms. The van der Waals surface area contributed by atoms with Gasteiger partial charge in [-0.3, -0.25) is 9.79 Å². The first-order valence-electron chi connectivity index (χ1n) is 8.64. The largest absolute Gasteiger partial charge is 0.434 e. The molecule has 1 fully saturated rings. The van der Waals surface area contributed by atoms with Crippen molar-refractivity contribution in [1.29, 1.82) is 0 Å². The Morgan fingerprint density at radius 1 is 1.22 bits per heavy atom. The summed E-state index contributed by atoms with van der Waals surface area (Å²) >= 11 is 0.944. The SMILES string of the molecule is CN=C(NCCNC(=O)C1CCCCC1)NCc1nc(C(F)(F)F)cs1.I. The van der Waals surface area contributed by atoms with E-state index in [1.54, 1.807) is 7.05 Å². The number of halogens is 4. The number of nitrogens with zero attached hydrogens (tertiary/aromatic N) is 2. The van der Waals surface area contributed by atoms with Crippen LogP contribution in [0.1, 0.15) is 42.8 Å². The van der Waals surface area contributed by atoms with Gasteiger partial charge < -0.3 is 16.0 Å². The predicted octanol–water partition coefficient (Wildman–Crippen LogP) is 3.14. The summed E-state index contributed by atoms with van der Waals surface area (Å²) in [6.07, 6.45) is 0.911. The fourth-order valence-corrected chi connectivity index (χ4v) is 3.52. The third-order valence-electron chi connectivity index (χ3n) is 4.17. The first-order chi connectivity index (χ1) is 12.4. The smallest absolute Gasteiger partial charge is 0.355 e. The lowest BCUT2D eigenvalue weighted by molar-refractivity contribution is -0.140. The normalized spacial score (nSPS) is 15.8. The van der Waals surface area contributed by atoms with Gasteiger partial charge >= 0.3 is 6.18 Å². The van der Waals surface area contributed by atoms with Crippen LogP contribution in [0.15, 0.2) is 10.4 Å². The van der Waals surface area contributed by atoms with E-state index in [1.807, 2.05) is 0 Å². The van der Waals surface area contributed by atoms with Crippen LogP contribution in [0.25, 0.3) is 0 Å². The molecule has 0 unspecified atom stereocenters. The van der Waals surface area contributed by atoms with Crippen LogP contribution in [0.5, 0.6) is 0 Å². The van der Waals surface area contributed by atoms with E-state index >= 15 is 0 Å². The molecule has 27 heavy (non-hydrogen) atoms. The number of hydrogen-bond donors (Lipinski definition) is 3. The third kappa shape index (κ3) is 8.20. The Morgan fingerprint density at radius 2 is 1.89 bits per heavy atom. The van der Waals surface area contributed by atoms with E-state index in [2.05, 4.69) is 25.9 Å². The number of nitrogens with one attached hydrogen (secondary N) is 3. The highest BCUT2D eigenvalue weighted by molar-refractivity contribution is 14.0. The summed E-state index contributed by atoms with van der Waals surface area (Å²) in [6.45, 7) is 1.09. The van der Waals surface area contributed by atoms with Gasteiger partial charge in [0.1, 0.15) is 5.01 Å². The van der Waals surface area contributed by atoms with Crippen molar-refractivity contribution in [2.45, 2.75) is 44.8 Å². The Balaban J connectivity index is 0.00000364. The average Bonchev–Trinajstić information content (AvgIpc) is 3.11. The highest BCUT2D eigenvalue weighted by Gasteiger charge is 2.33. The first-order valence-corrected chi connectivity index (χ1v) is 9.52. The van der Waals surface area contributed by atoms with Crippen molar-refractivity contribution < 1.29 is 18.0 Å². The highest BCUT2D eigenvalue weighted by Crippen LogP contribution is 2.29. The molecule has 0 atom stereocenters. The molecule has 6 nitrogen and oxygen atoms in total. The van der Waals surface area contributed by atoms with Gasteiger partial charge in [0, 0.05) is 31.4 Å². The molecular weight excluding hydrogens is 494 g/mol. The van der Waals surface area contributed by atoms with E-state index in [1.165, 1.54) is 6.42 Å². The van der Waals surface area contributed by atoms with Gasteiger partial charge in [-0.05, 0) is 12.8 Å². The zero-order valence-electron chi connectivity index (χ0n) is 15.1. The second-order valence-corrected chi connectivity index (χ2v) is 7.05. The first kappa shape index (κ1) is 23.9. The summed E-state index contributed by atoms with van der Waals surface area (Å²) in [5, 5.41) is 10.1. The van der Waals surface area contributed by atoms with Gasteiger partial charge in [-0.15, -0.1) is 35.3 Å². The Labute approximate surface area is 177 Å². The minimum atomic E-state index is -4.43. The molecule has 11 heteroatoms. The van der Waals surface area contributed by atoms with Crippen molar-refractivity contribution in [1.82, 2.24) is 20.9 Å². The minimum absolute atomic E-state index is 0. The molecule has 0 saturated heterocycles. The molecule has 1 aromatic rings. The summed E-state index contributed by atoms with van der Waals surface area (Å²) in [5.74, 6) is 0.659. The van der Waals surface area contributed by atoms with Gasteiger partial charge in [0.2, 0.25) is 5.91 Å². The molecule has 0 bridgehead atoms. The van der Waals surface area contributed by atoms with Crippen molar-refractivity contribution in [3.63, 3.8) is 0 Å². The average molecular weight is 519 g/mol. The number of rotatable bonds is 6. The second-order valence-electron chi connectivity index (χ2n) is 6.10. The number of aliphatic imine (C=N–C) groups is 1. The van der Waals surface area contributed by atoms with Gasteiger partial charge in [0.05, 0.1) is 6.54 Å². The van der Waals surface area contributed by atoms with E-state index in [-0.39, 0.29) is 42.3 Å². The van der Waals surface area contributed by atoms with E-state index in [0.29, 0.717) is 24.1 Å². The monoisotopic (exact) mass is 519 g/mol. The van der Waals surface area contributed by atoms with Crippen LogP contribution >= 0.6 is 35.3 Å². The lowest BCUT2D eigenvalue weighted by atomic mass is 9.89. The maximum atomic E-state index is 12.5. The number of hydrogen-bond acceptors (Lipinski definition) is 4. The van der Waals surface area contributed by atoms with E-state index in [9.17, 15) is 18.0 Å². The second kappa shape index (κ2) is 11.7. The summed E-state index contributed by atoms with van der Waals surface area (Å²) in [4.78, 5) is 19.6.